The number of amides is 2. The van der Waals surface area contributed by atoms with Crippen LogP contribution in [0, 0.1) is 0 Å². The fourth-order valence-corrected chi connectivity index (χ4v) is 4.60. The lowest BCUT2D eigenvalue weighted by atomic mass is 9.98. The lowest BCUT2D eigenvalue weighted by Gasteiger charge is -2.23. The first-order chi connectivity index (χ1) is 15.3. The summed E-state index contributed by atoms with van der Waals surface area (Å²) >= 11 is 0. The highest BCUT2D eigenvalue weighted by atomic mass is 16.5. The first kappa shape index (κ1) is 21.8. The van der Waals surface area contributed by atoms with Gasteiger partial charge in [-0.25, -0.2) is 9.59 Å². The number of aliphatic hydroxyl groups excluding tert-OH is 1. The minimum absolute atomic E-state index is 0.00919. The summed E-state index contributed by atoms with van der Waals surface area (Å²) < 4.78 is 5.48. The lowest BCUT2D eigenvalue weighted by molar-refractivity contribution is -0.148. The Balaban J connectivity index is 1.33. The van der Waals surface area contributed by atoms with Crippen molar-refractivity contribution in [3.8, 4) is 11.1 Å². The van der Waals surface area contributed by atoms with E-state index in [0.717, 1.165) is 27.2 Å². The molecule has 1 unspecified atom stereocenters. The Morgan fingerprint density at radius 3 is 2.28 bits per heavy atom. The van der Waals surface area contributed by atoms with E-state index in [4.69, 9.17) is 4.74 Å². The highest BCUT2D eigenvalue weighted by Crippen LogP contribution is 2.44. The number of hydrogen-bond acceptors (Lipinski definition) is 5. The van der Waals surface area contributed by atoms with Crippen LogP contribution in [0.15, 0.2) is 48.5 Å². The van der Waals surface area contributed by atoms with Crippen LogP contribution in [0.4, 0.5) is 4.79 Å². The molecule has 3 N–H and O–H groups in total. The van der Waals surface area contributed by atoms with E-state index >= 15 is 0 Å². The van der Waals surface area contributed by atoms with Gasteiger partial charge in [0.25, 0.3) is 0 Å². The number of rotatable bonds is 6. The Labute approximate surface area is 185 Å². The highest BCUT2D eigenvalue weighted by Gasteiger charge is 2.39. The summed E-state index contributed by atoms with van der Waals surface area (Å²) in [7, 11) is 0. The average Bonchev–Trinajstić information content (AvgIpc) is 3.31. The predicted octanol–water partition coefficient (Wildman–Crippen LogP) is 2.35. The molecule has 1 saturated heterocycles. The second-order valence-electron chi connectivity index (χ2n) is 8.36. The van der Waals surface area contributed by atoms with Gasteiger partial charge in [-0.3, -0.25) is 4.79 Å². The number of alkyl carbamates (subject to hydrolysis) is 1. The van der Waals surface area contributed by atoms with E-state index in [9.17, 15) is 24.6 Å². The van der Waals surface area contributed by atoms with Gasteiger partial charge in [0.05, 0.1) is 6.10 Å². The molecule has 168 valence electrons. The average molecular weight is 438 g/mol. The lowest BCUT2D eigenvalue weighted by Crippen LogP contribution is -2.44. The molecule has 1 aliphatic heterocycles. The third-order valence-corrected chi connectivity index (χ3v) is 6.07. The van der Waals surface area contributed by atoms with E-state index in [2.05, 4.69) is 17.4 Å². The van der Waals surface area contributed by atoms with Gasteiger partial charge in [0.2, 0.25) is 5.91 Å². The predicted molar refractivity (Wildman–Crippen MR) is 116 cm³/mol. The van der Waals surface area contributed by atoms with E-state index in [0.29, 0.717) is 0 Å². The zero-order valence-electron chi connectivity index (χ0n) is 17.7. The normalized spacial score (nSPS) is 20.4. The Hall–Kier alpha value is -3.39. The maximum Gasteiger partial charge on any atom is 0.407 e. The number of carboxylic acids is 1. The molecular weight excluding hydrogens is 412 g/mol. The third kappa shape index (κ3) is 4.31. The van der Waals surface area contributed by atoms with E-state index < -0.39 is 36.2 Å². The van der Waals surface area contributed by atoms with Crippen molar-refractivity contribution in [3.63, 3.8) is 0 Å². The van der Waals surface area contributed by atoms with Crippen LogP contribution < -0.4 is 5.32 Å². The molecule has 3 atom stereocenters. The molecular formula is C24H26N2O6. The molecule has 1 heterocycles. The van der Waals surface area contributed by atoms with Gasteiger partial charge < -0.3 is 25.2 Å². The Morgan fingerprint density at radius 1 is 1.09 bits per heavy atom. The number of carbonyl (C=O) groups is 3. The molecule has 2 aliphatic rings. The number of aliphatic hydroxyl groups is 1. The van der Waals surface area contributed by atoms with Gasteiger partial charge in [0.15, 0.2) is 0 Å². The number of nitrogens with one attached hydrogen (secondary N) is 1. The quantitative estimate of drug-likeness (QED) is 0.638. The minimum Gasteiger partial charge on any atom is -0.480 e. The smallest absolute Gasteiger partial charge is 0.407 e. The van der Waals surface area contributed by atoms with Crippen LogP contribution in [0.1, 0.15) is 36.8 Å². The first-order valence-corrected chi connectivity index (χ1v) is 10.7. The SMILES string of the molecule is CC(CC(=O)N1C[C@H](O)C[C@H]1C(=O)O)NC(=O)OCC1c2ccccc2-c2ccccc21. The van der Waals surface area contributed by atoms with Crippen molar-refractivity contribution in [3.05, 3.63) is 59.7 Å². The van der Waals surface area contributed by atoms with E-state index in [1.54, 1.807) is 6.92 Å². The van der Waals surface area contributed by atoms with Gasteiger partial charge in [0.1, 0.15) is 12.6 Å². The van der Waals surface area contributed by atoms with Crippen LogP contribution >= 0.6 is 0 Å². The Kier molecular flexibility index (Phi) is 6.14. The van der Waals surface area contributed by atoms with Crippen LogP contribution in [-0.4, -0.2) is 64.4 Å². The van der Waals surface area contributed by atoms with Crippen LogP contribution in [0.3, 0.4) is 0 Å². The summed E-state index contributed by atoms with van der Waals surface area (Å²) in [5, 5.41) is 21.6. The molecule has 2 aromatic carbocycles. The molecule has 2 aromatic rings. The zero-order valence-corrected chi connectivity index (χ0v) is 17.7. The second-order valence-corrected chi connectivity index (χ2v) is 8.36. The van der Waals surface area contributed by atoms with Gasteiger partial charge in [0, 0.05) is 31.3 Å². The van der Waals surface area contributed by atoms with Gasteiger partial charge >= 0.3 is 12.1 Å². The number of aliphatic carboxylic acids is 1. The number of carbonyl (C=O) groups excluding carboxylic acids is 2. The third-order valence-electron chi connectivity index (χ3n) is 6.07. The maximum absolute atomic E-state index is 12.5. The first-order valence-electron chi connectivity index (χ1n) is 10.7. The summed E-state index contributed by atoms with van der Waals surface area (Å²) in [6.07, 6.45) is -1.57. The number of nitrogens with zero attached hydrogens (tertiary/aromatic N) is 1. The molecule has 1 fully saturated rings. The van der Waals surface area contributed by atoms with Crippen molar-refractivity contribution >= 4 is 18.0 Å². The van der Waals surface area contributed by atoms with Gasteiger partial charge in [-0.15, -0.1) is 0 Å². The van der Waals surface area contributed by atoms with Crippen LogP contribution in [0.5, 0.6) is 0 Å². The summed E-state index contributed by atoms with van der Waals surface area (Å²) in [5.74, 6) is -1.64. The summed E-state index contributed by atoms with van der Waals surface area (Å²) in [6.45, 7) is 1.80. The van der Waals surface area contributed by atoms with Gasteiger partial charge in [-0.2, -0.15) is 0 Å². The van der Waals surface area contributed by atoms with Crippen molar-refractivity contribution < 1.29 is 29.3 Å². The van der Waals surface area contributed by atoms with Crippen molar-refractivity contribution in [2.45, 2.75) is 43.9 Å². The fraction of sp³-hybridized carbons (Fsp3) is 0.375. The number of β-amino-alcohol motifs (C(OH)–C–C–N with tert-alkyl or cyclic N) is 1. The zero-order chi connectivity index (χ0) is 22.8. The molecule has 8 heteroatoms. The van der Waals surface area contributed by atoms with E-state index in [-0.39, 0.29) is 31.9 Å². The Morgan fingerprint density at radius 2 is 1.69 bits per heavy atom. The molecule has 1 aliphatic carbocycles. The topological polar surface area (TPSA) is 116 Å². The molecule has 0 aromatic heterocycles. The number of hydrogen-bond donors (Lipinski definition) is 3. The fourth-order valence-electron chi connectivity index (χ4n) is 4.60. The van der Waals surface area contributed by atoms with E-state index in [1.165, 1.54) is 0 Å². The molecule has 8 nitrogen and oxygen atoms in total. The molecule has 0 spiro atoms. The van der Waals surface area contributed by atoms with Gasteiger partial charge in [-0.05, 0) is 29.2 Å². The molecule has 32 heavy (non-hydrogen) atoms. The minimum atomic E-state index is -1.15. The molecule has 0 bridgehead atoms. The van der Waals surface area contributed by atoms with Crippen molar-refractivity contribution in [2.75, 3.05) is 13.2 Å². The van der Waals surface area contributed by atoms with Crippen LogP contribution in [0.25, 0.3) is 11.1 Å². The second kappa shape index (κ2) is 9.00. The van der Waals surface area contributed by atoms with E-state index in [1.807, 2.05) is 36.4 Å². The van der Waals surface area contributed by atoms with Crippen LogP contribution in [0.2, 0.25) is 0 Å². The molecule has 4 rings (SSSR count). The summed E-state index contributed by atoms with van der Waals surface area (Å²) in [5.41, 5.74) is 4.49. The molecule has 0 radical (unpaired) electrons. The number of carboxylic acid groups (broad SMARTS) is 1. The maximum atomic E-state index is 12.5. The Bertz CT molecular complexity index is 993. The highest BCUT2D eigenvalue weighted by molar-refractivity contribution is 5.85. The number of ether oxygens (including phenoxy) is 1. The molecule has 2 amide bonds. The van der Waals surface area contributed by atoms with Crippen molar-refractivity contribution in [1.82, 2.24) is 10.2 Å². The van der Waals surface area contributed by atoms with Crippen LogP contribution in [-0.2, 0) is 14.3 Å². The van der Waals surface area contributed by atoms with Crippen molar-refractivity contribution in [2.24, 2.45) is 0 Å². The van der Waals surface area contributed by atoms with Gasteiger partial charge in [-0.1, -0.05) is 48.5 Å². The number of likely N-dealkylation sites (tertiary alicyclic amines) is 1. The number of fused-ring (bicyclic) bond motifs is 3. The summed E-state index contributed by atoms with van der Waals surface area (Å²) in [6, 6.07) is 14.5. The monoisotopic (exact) mass is 438 g/mol. The molecule has 0 saturated carbocycles. The number of benzene rings is 2. The standard InChI is InChI=1S/C24H26N2O6/c1-14(10-22(28)26-12-15(27)11-21(26)23(29)30)25-24(31)32-13-20-18-8-4-2-6-16(18)17-7-3-5-9-19(17)20/h2-9,14-15,20-21,27H,10-13H2,1H3,(H,25,31)(H,29,30)/t14?,15-,21+/m1/s1. The summed E-state index contributed by atoms with van der Waals surface area (Å²) in [4.78, 5) is 37.3. The van der Waals surface area contributed by atoms with Crippen molar-refractivity contribution in [1.29, 1.82) is 0 Å². The largest absolute Gasteiger partial charge is 0.480 e.